The summed E-state index contributed by atoms with van der Waals surface area (Å²) in [6.07, 6.45) is 2.69. The van der Waals surface area contributed by atoms with Crippen LogP contribution >= 0.6 is 12.2 Å². The molecule has 1 aromatic carbocycles. The minimum absolute atomic E-state index is 0.0533. The lowest BCUT2D eigenvalue weighted by molar-refractivity contribution is -0.0512. The zero-order chi connectivity index (χ0) is 20.4. The minimum atomic E-state index is -0.339. The van der Waals surface area contributed by atoms with Crippen LogP contribution in [-0.4, -0.2) is 50.6 Å². The fourth-order valence-corrected chi connectivity index (χ4v) is 2.72. The second kappa shape index (κ2) is 11.5. The van der Waals surface area contributed by atoms with Gasteiger partial charge in [-0.05, 0) is 37.7 Å². The predicted octanol–water partition coefficient (Wildman–Crippen LogP) is 1.38. The van der Waals surface area contributed by atoms with Gasteiger partial charge in [0.2, 0.25) is 0 Å². The van der Waals surface area contributed by atoms with Crippen molar-refractivity contribution >= 4 is 17.3 Å². The number of benzene rings is 1. The molecule has 1 fully saturated rings. The Labute approximate surface area is 168 Å². The van der Waals surface area contributed by atoms with Crippen LogP contribution in [0.15, 0.2) is 30.5 Å². The molecule has 1 aliphatic rings. The van der Waals surface area contributed by atoms with Gasteiger partial charge < -0.3 is 25.6 Å². The Morgan fingerprint density at radius 3 is 3.00 bits per heavy atom. The maximum Gasteiger partial charge on any atom is 0.163 e. The molecule has 0 radical (unpaired) electrons. The summed E-state index contributed by atoms with van der Waals surface area (Å²) in [6, 6.07) is 5.96. The number of rotatable bonds is 6. The van der Waals surface area contributed by atoms with E-state index in [1.54, 1.807) is 23.0 Å². The highest BCUT2D eigenvalue weighted by Crippen LogP contribution is 2.16. The van der Waals surface area contributed by atoms with Crippen LogP contribution in [0, 0.1) is 5.82 Å². The molecule has 0 bridgehead atoms. The molecular weight excluding hydrogens is 385 g/mol. The summed E-state index contributed by atoms with van der Waals surface area (Å²) < 4.78 is 25.8. The summed E-state index contributed by atoms with van der Waals surface area (Å²) in [7, 11) is 0. The summed E-state index contributed by atoms with van der Waals surface area (Å²) in [5, 5.41) is 20.7. The topological polar surface area (TPSA) is 107 Å². The van der Waals surface area contributed by atoms with E-state index in [4.69, 9.17) is 15.2 Å². The lowest BCUT2D eigenvalue weighted by Gasteiger charge is -2.26. The molecule has 2 heterocycles. The number of aromatic nitrogens is 3. The first-order chi connectivity index (χ1) is 13.5. The van der Waals surface area contributed by atoms with Gasteiger partial charge in [-0.25, -0.2) is 9.07 Å². The van der Waals surface area contributed by atoms with Crippen molar-refractivity contribution in [1.29, 1.82) is 0 Å². The Morgan fingerprint density at radius 1 is 1.54 bits per heavy atom. The van der Waals surface area contributed by atoms with Gasteiger partial charge in [-0.2, -0.15) is 0 Å². The van der Waals surface area contributed by atoms with Gasteiger partial charge in [0.1, 0.15) is 23.9 Å². The van der Waals surface area contributed by atoms with Gasteiger partial charge in [-0.15, -0.1) is 5.10 Å². The van der Waals surface area contributed by atoms with Gasteiger partial charge in [0.05, 0.1) is 24.9 Å². The summed E-state index contributed by atoms with van der Waals surface area (Å²) in [6.45, 7) is 4.09. The van der Waals surface area contributed by atoms with E-state index in [2.05, 4.69) is 27.8 Å². The first kappa shape index (κ1) is 22.0. The van der Waals surface area contributed by atoms with Crippen molar-refractivity contribution in [2.24, 2.45) is 5.73 Å². The van der Waals surface area contributed by atoms with Crippen molar-refractivity contribution in [2.75, 3.05) is 13.2 Å². The molecule has 2 atom stereocenters. The number of thiocarbonyl (C=S) groups is 1. The molecule has 2 unspecified atom stereocenters. The van der Waals surface area contributed by atoms with Crippen LogP contribution in [0.4, 0.5) is 4.39 Å². The van der Waals surface area contributed by atoms with Crippen LogP contribution in [0.1, 0.15) is 25.5 Å². The summed E-state index contributed by atoms with van der Waals surface area (Å²) >= 11 is 4.46. The van der Waals surface area contributed by atoms with Crippen molar-refractivity contribution in [3.8, 4) is 5.75 Å². The quantitative estimate of drug-likeness (QED) is 0.612. The fourth-order valence-electron chi connectivity index (χ4n) is 2.58. The number of hydrogen-bond donors (Lipinski definition) is 3. The predicted molar refractivity (Wildman–Crippen MR) is 106 cm³/mol. The van der Waals surface area contributed by atoms with E-state index in [1.165, 1.54) is 12.1 Å². The van der Waals surface area contributed by atoms with Gasteiger partial charge in [0.25, 0.3) is 0 Å². The second-order valence-corrected chi connectivity index (χ2v) is 6.68. The second-order valence-electron chi connectivity index (χ2n) is 6.24. The summed E-state index contributed by atoms with van der Waals surface area (Å²) in [4.78, 5) is 0. The number of aliphatic hydroxyl groups is 1. The molecule has 1 aromatic heterocycles. The first-order valence-corrected chi connectivity index (χ1v) is 9.47. The number of nitrogens with one attached hydrogen (secondary N) is 1. The zero-order valence-electron chi connectivity index (χ0n) is 15.8. The zero-order valence-corrected chi connectivity index (χ0v) is 16.6. The van der Waals surface area contributed by atoms with Gasteiger partial charge in [0.15, 0.2) is 5.11 Å². The third-order valence-corrected chi connectivity index (χ3v) is 3.99. The molecular formula is C18H26FN5O3S. The molecule has 0 saturated carbocycles. The smallest absolute Gasteiger partial charge is 0.163 e. The first-order valence-electron chi connectivity index (χ1n) is 9.06. The highest BCUT2D eigenvalue weighted by molar-refractivity contribution is 7.80. The SMILES string of the molecule is CCNC(N)=S.OC1CCOC(Cn2cc(COc3cccc(F)c3)nn2)C1. The van der Waals surface area contributed by atoms with Gasteiger partial charge >= 0.3 is 0 Å². The van der Waals surface area contributed by atoms with E-state index in [9.17, 15) is 9.50 Å². The van der Waals surface area contributed by atoms with Gasteiger partial charge in [-0.3, -0.25) is 0 Å². The van der Waals surface area contributed by atoms with Crippen LogP contribution in [0.3, 0.4) is 0 Å². The van der Waals surface area contributed by atoms with E-state index < -0.39 is 0 Å². The summed E-state index contributed by atoms with van der Waals surface area (Å²) in [5.74, 6) is 0.113. The maximum atomic E-state index is 13.0. The largest absolute Gasteiger partial charge is 0.487 e. The van der Waals surface area contributed by atoms with Crippen LogP contribution in [0.2, 0.25) is 0 Å². The standard InChI is InChI=1S/C15H18FN3O3.C3H8N2S/c16-11-2-1-3-14(6-11)22-10-12-8-19(18-17-12)9-15-7-13(20)4-5-21-15;1-2-5-3(4)6/h1-3,6,8,13,15,20H,4-5,7,9-10H2;2H2,1H3,(H3,4,5,6). The van der Waals surface area contributed by atoms with Crippen LogP contribution in [-0.2, 0) is 17.9 Å². The van der Waals surface area contributed by atoms with Crippen molar-refractivity contribution in [3.63, 3.8) is 0 Å². The normalized spacial score (nSPS) is 18.7. The molecule has 0 aliphatic carbocycles. The molecule has 154 valence electrons. The van der Waals surface area contributed by atoms with E-state index in [-0.39, 0.29) is 24.6 Å². The molecule has 0 spiro atoms. The number of hydrogen-bond acceptors (Lipinski definition) is 6. The molecule has 1 aliphatic heterocycles. The number of halogens is 1. The molecule has 1 saturated heterocycles. The molecule has 28 heavy (non-hydrogen) atoms. The molecule has 8 nitrogen and oxygen atoms in total. The average molecular weight is 412 g/mol. The Hall–Kier alpha value is -2.30. The molecule has 2 aromatic rings. The van der Waals surface area contributed by atoms with E-state index in [0.29, 0.717) is 42.5 Å². The van der Waals surface area contributed by atoms with Gasteiger partial charge in [-0.1, -0.05) is 11.3 Å². The molecule has 4 N–H and O–H groups in total. The fraction of sp³-hybridized carbons (Fsp3) is 0.500. The third kappa shape index (κ3) is 8.15. The van der Waals surface area contributed by atoms with E-state index in [0.717, 1.165) is 6.54 Å². The number of ether oxygens (including phenoxy) is 2. The number of nitrogens with zero attached hydrogens (tertiary/aromatic N) is 3. The minimum Gasteiger partial charge on any atom is -0.487 e. The Bertz CT molecular complexity index is 746. The molecule has 0 amide bonds. The lowest BCUT2D eigenvalue weighted by Crippen LogP contribution is -2.32. The highest BCUT2D eigenvalue weighted by atomic mass is 32.1. The molecule has 3 rings (SSSR count). The Balaban J connectivity index is 0.000000409. The molecule has 10 heteroatoms. The van der Waals surface area contributed by atoms with Crippen molar-refractivity contribution in [1.82, 2.24) is 20.3 Å². The highest BCUT2D eigenvalue weighted by Gasteiger charge is 2.21. The maximum absolute atomic E-state index is 13.0. The van der Waals surface area contributed by atoms with E-state index >= 15 is 0 Å². The van der Waals surface area contributed by atoms with Crippen LogP contribution < -0.4 is 15.8 Å². The van der Waals surface area contributed by atoms with Crippen molar-refractivity contribution < 1.29 is 19.0 Å². The van der Waals surface area contributed by atoms with Crippen molar-refractivity contribution in [2.45, 2.75) is 45.1 Å². The van der Waals surface area contributed by atoms with Crippen molar-refractivity contribution in [3.05, 3.63) is 42.0 Å². The van der Waals surface area contributed by atoms with Gasteiger partial charge in [0, 0.05) is 25.6 Å². The van der Waals surface area contributed by atoms with Crippen LogP contribution in [0.25, 0.3) is 0 Å². The average Bonchev–Trinajstić information content (AvgIpc) is 3.08. The summed E-state index contributed by atoms with van der Waals surface area (Å²) in [5.41, 5.74) is 5.68. The Kier molecular flexibility index (Phi) is 9.05. The third-order valence-electron chi connectivity index (χ3n) is 3.85. The Morgan fingerprint density at radius 2 is 2.36 bits per heavy atom. The van der Waals surface area contributed by atoms with E-state index in [1.807, 2.05) is 6.92 Å². The number of aliphatic hydroxyl groups excluding tert-OH is 1. The van der Waals surface area contributed by atoms with Crippen LogP contribution in [0.5, 0.6) is 5.75 Å². The number of nitrogens with two attached hydrogens (primary N) is 1. The monoisotopic (exact) mass is 411 g/mol. The lowest BCUT2D eigenvalue weighted by atomic mass is 10.1.